The quantitative estimate of drug-likeness (QED) is 0.679. The number of nitrogens with one attached hydrogen (secondary N) is 1. The van der Waals surface area contributed by atoms with Gasteiger partial charge in [0.15, 0.2) is 5.12 Å². The molecular weight excluding hydrogens is 288 g/mol. The smallest absolute Gasteiger partial charge is 0.338 e. The molecule has 0 atom stereocenters. The molecule has 0 saturated heterocycles. The third-order valence-electron chi connectivity index (χ3n) is 2.89. The summed E-state index contributed by atoms with van der Waals surface area (Å²) in [7, 11) is 1.36. The highest BCUT2D eigenvalue weighted by atomic mass is 32.2. The molecule has 1 N–H and O–H groups in total. The van der Waals surface area contributed by atoms with Crippen LogP contribution in [0.25, 0.3) is 17.0 Å². The minimum atomic E-state index is -0.385. The van der Waals surface area contributed by atoms with E-state index in [-0.39, 0.29) is 11.1 Å². The number of carbonyl (C=O) groups excluding carboxylic acids is 2. The van der Waals surface area contributed by atoms with Gasteiger partial charge in [0.05, 0.1) is 24.4 Å². The number of aromatic amines is 1. The lowest BCUT2D eigenvalue weighted by Crippen LogP contribution is -2.02. The van der Waals surface area contributed by atoms with Crippen LogP contribution in [0.2, 0.25) is 0 Å². The number of methoxy groups -OCH3 is 1. The highest BCUT2D eigenvalue weighted by Crippen LogP contribution is 2.21. The number of hydrogen-bond donors (Lipinski definition) is 1. The van der Waals surface area contributed by atoms with E-state index in [0.29, 0.717) is 5.56 Å². The van der Waals surface area contributed by atoms with Crippen molar-refractivity contribution in [2.45, 2.75) is 13.3 Å². The molecular formula is C15H16N2O3S. The van der Waals surface area contributed by atoms with Crippen LogP contribution in [0.15, 0.2) is 24.4 Å². The number of rotatable bonds is 5. The zero-order valence-electron chi connectivity index (χ0n) is 11.9. The van der Waals surface area contributed by atoms with Gasteiger partial charge in [-0.25, -0.2) is 4.79 Å². The molecule has 2 aromatic rings. The first-order chi connectivity index (χ1) is 10.1. The van der Waals surface area contributed by atoms with Crippen molar-refractivity contribution >= 4 is 39.8 Å². The van der Waals surface area contributed by atoms with Crippen LogP contribution in [-0.2, 0) is 9.53 Å². The Morgan fingerprint density at radius 2 is 2.24 bits per heavy atom. The SMILES string of the molecule is COC(=O)c1cc(C=CCCSC(C)=O)cc2[nH]ncc12. The zero-order valence-corrected chi connectivity index (χ0v) is 12.7. The van der Waals surface area contributed by atoms with Crippen molar-refractivity contribution in [2.75, 3.05) is 12.9 Å². The maximum Gasteiger partial charge on any atom is 0.338 e. The molecule has 6 heteroatoms. The summed E-state index contributed by atoms with van der Waals surface area (Å²) in [4.78, 5) is 22.6. The first-order valence-electron chi connectivity index (χ1n) is 6.47. The van der Waals surface area contributed by atoms with Gasteiger partial charge in [0.2, 0.25) is 0 Å². The van der Waals surface area contributed by atoms with Crippen molar-refractivity contribution in [3.63, 3.8) is 0 Å². The molecule has 110 valence electrons. The predicted molar refractivity (Wildman–Crippen MR) is 84.2 cm³/mol. The topological polar surface area (TPSA) is 72.1 Å². The molecule has 0 aliphatic heterocycles. The molecule has 0 bridgehead atoms. The Bertz CT molecular complexity index is 691. The van der Waals surface area contributed by atoms with Crippen LogP contribution in [0.5, 0.6) is 0 Å². The average molecular weight is 304 g/mol. The fraction of sp³-hybridized carbons (Fsp3) is 0.267. The van der Waals surface area contributed by atoms with Crippen LogP contribution < -0.4 is 0 Å². The third-order valence-corrected chi connectivity index (χ3v) is 3.73. The molecule has 0 unspecified atom stereocenters. The second-order valence-corrected chi connectivity index (χ2v) is 5.69. The summed E-state index contributed by atoms with van der Waals surface area (Å²) >= 11 is 1.30. The Kier molecular flexibility index (Phi) is 5.16. The highest BCUT2D eigenvalue weighted by molar-refractivity contribution is 8.13. The molecule has 0 fully saturated rings. The summed E-state index contributed by atoms with van der Waals surface area (Å²) in [5.74, 6) is 0.367. The van der Waals surface area contributed by atoms with Gasteiger partial charge in [-0.3, -0.25) is 9.89 Å². The van der Waals surface area contributed by atoms with E-state index in [1.807, 2.05) is 18.2 Å². The average Bonchev–Trinajstić information content (AvgIpc) is 2.93. The molecule has 5 nitrogen and oxygen atoms in total. The summed E-state index contributed by atoms with van der Waals surface area (Å²) in [6, 6.07) is 3.70. The summed E-state index contributed by atoms with van der Waals surface area (Å²) in [6.45, 7) is 1.56. The number of aromatic nitrogens is 2. The van der Waals surface area contributed by atoms with Crippen LogP contribution in [0.3, 0.4) is 0 Å². The lowest BCUT2D eigenvalue weighted by Gasteiger charge is -2.03. The maximum absolute atomic E-state index is 11.8. The molecule has 1 aromatic heterocycles. The largest absolute Gasteiger partial charge is 0.465 e. The number of carbonyl (C=O) groups is 2. The van der Waals surface area contributed by atoms with Crippen molar-refractivity contribution in [2.24, 2.45) is 0 Å². The van der Waals surface area contributed by atoms with Gasteiger partial charge in [0.1, 0.15) is 0 Å². The van der Waals surface area contributed by atoms with Gasteiger partial charge < -0.3 is 4.74 Å². The fourth-order valence-corrected chi connectivity index (χ4v) is 2.48. The Balaban J connectivity index is 2.18. The first kappa shape index (κ1) is 15.3. The lowest BCUT2D eigenvalue weighted by atomic mass is 10.1. The van der Waals surface area contributed by atoms with E-state index in [4.69, 9.17) is 4.74 Å². The molecule has 2 rings (SSSR count). The summed E-state index contributed by atoms with van der Waals surface area (Å²) in [6.07, 6.45) is 6.30. The molecule has 0 amide bonds. The molecule has 21 heavy (non-hydrogen) atoms. The van der Waals surface area contributed by atoms with E-state index in [1.54, 1.807) is 19.2 Å². The number of nitrogens with zero attached hydrogens (tertiary/aromatic N) is 1. The Hall–Kier alpha value is -2.08. The lowest BCUT2D eigenvalue weighted by molar-refractivity contribution is -0.109. The Morgan fingerprint density at radius 1 is 1.43 bits per heavy atom. The number of hydrogen-bond acceptors (Lipinski definition) is 5. The van der Waals surface area contributed by atoms with Crippen LogP contribution in [0.1, 0.15) is 29.3 Å². The second kappa shape index (κ2) is 7.08. The highest BCUT2D eigenvalue weighted by Gasteiger charge is 2.12. The van der Waals surface area contributed by atoms with Crippen LogP contribution in [0.4, 0.5) is 0 Å². The number of esters is 1. The monoisotopic (exact) mass is 304 g/mol. The van der Waals surface area contributed by atoms with E-state index in [0.717, 1.165) is 28.6 Å². The number of ether oxygens (including phenoxy) is 1. The number of H-pyrrole nitrogens is 1. The molecule has 0 aliphatic rings. The van der Waals surface area contributed by atoms with Gasteiger partial charge in [-0.2, -0.15) is 5.10 Å². The minimum absolute atomic E-state index is 0.121. The molecule has 1 aromatic carbocycles. The first-order valence-corrected chi connectivity index (χ1v) is 7.45. The zero-order chi connectivity index (χ0) is 15.2. The second-order valence-electron chi connectivity index (χ2n) is 4.42. The fourth-order valence-electron chi connectivity index (χ4n) is 1.94. The molecule has 0 aliphatic carbocycles. The van der Waals surface area contributed by atoms with Crippen molar-refractivity contribution in [1.29, 1.82) is 0 Å². The number of benzene rings is 1. The predicted octanol–water partition coefficient (Wildman–Crippen LogP) is 3.03. The van der Waals surface area contributed by atoms with Gasteiger partial charge in [-0.15, -0.1) is 0 Å². The van der Waals surface area contributed by atoms with E-state index in [9.17, 15) is 9.59 Å². The van der Waals surface area contributed by atoms with Gasteiger partial charge in [0, 0.05) is 18.1 Å². The number of allylic oxidation sites excluding steroid dienone is 1. The van der Waals surface area contributed by atoms with Crippen LogP contribution in [-0.4, -0.2) is 34.1 Å². The molecule has 0 spiro atoms. The van der Waals surface area contributed by atoms with Crippen molar-refractivity contribution < 1.29 is 14.3 Å². The van der Waals surface area contributed by atoms with Crippen molar-refractivity contribution in [1.82, 2.24) is 10.2 Å². The van der Waals surface area contributed by atoms with Gasteiger partial charge in [-0.05, 0) is 24.1 Å². The third kappa shape index (κ3) is 3.95. The van der Waals surface area contributed by atoms with E-state index in [2.05, 4.69) is 10.2 Å². The number of thioether (sulfide) groups is 1. The van der Waals surface area contributed by atoms with E-state index in [1.165, 1.54) is 18.9 Å². The van der Waals surface area contributed by atoms with Gasteiger partial charge in [-0.1, -0.05) is 23.9 Å². The molecule has 1 heterocycles. The van der Waals surface area contributed by atoms with Crippen molar-refractivity contribution in [3.05, 3.63) is 35.5 Å². The van der Waals surface area contributed by atoms with Gasteiger partial charge in [0.25, 0.3) is 0 Å². The number of fused-ring (bicyclic) bond motifs is 1. The summed E-state index contributed by atoms with van der Waals surface area (Å²) in [5, 5.41) is 7.67. The van der Waals surface area contributed by atoms with Crippen molar-refractivity contribution in [3.8, 4) is 0 Å². The minimum Gasteiger partial charge on any atom is -0.465 e. The summed E-state index contributed by atoms with van der Waals surface area (Å²) in [5.41, 5.74) is 2.16. The van der Waals surface area contributed by atoms with E-state index >= 15 is 0 Å². The normalized spacial score (nSPS) is 11.1. The van der Waals surface area contributed by atoms with E-state index < -0.39 is 0 Å². The molecule has 0 saturated carbocycles. The molecule has 0 radical (unpaired) electrons. The van der Waals surface area contributed by atoms with Crippen LogP contribution >= 0.6 is 11.8 Å². The van der Waals surface area contributed by atoms with Crippen LogP contribution in [0, 0.1) is 0 Å². The maximum atomic E-state index is 11.8. The van der Waals surface area contributed by atoms with Gasteiger partial charge >= 0.3 is 5.97 Å². The Morgan fingerprint density at radius 3 is 2.95 bits per heavy atom. The Labute approximate surface area is 126 Å². The summed E-state index contributed by atoms with van der Waals surface area (Å²) < 4.78 is 4.79. The standard InChI is InChI=1S/C15H16N2O3S/c1-10(18)21-6-4-3-5-11-7-12(15(19)20-2)13-9-16-17-14(13)8-11/h3,5,7-9H,4,6H2,1-2H3,(H,16,17).